The molecule has 0 spiro atoms. The van der Waals surface area contributed by atoms with E-state index in [4.69, 9.17) is 0 Å². The summed E-state index contributed by atoms with van der Waals surface area (Å²) in [6, 6.07) is 1.98. The van der Waals surface area contributed by atoms with E-state index < -0.39 is 0 Å². The van der Waals surface area contributed by atoms with Gasteiger partial charge in [-0.15, -0.1) is 0 Å². The third kappa shape index (κ3) is 1.71. The number of nitrogens with zero attached hydrogens (tertiary/aromatic N) is 3. The van der Waals surface area contributed by atoms with Crippen LogP contribution in [-0.2, 0) is 11.8 Å². The summed E-state index contributed by atoms with van der Waals surface area (Å²) >= 11 is 0. The molecule has 0 bridgehead atoms. The summed E-state index contributed by atoms with van der Waals surface area (Å²) in [5.74, 6) is 1.35. The largest absolute Gasteiger partial charge is 0.354 e. The summed E-state index contributed by atoms with van der Waals surface area (Å²) < 4.78 is 1.78. The Morgan fingerprint density at radius 3 is 2.62 bits per heavy atom. The highest BCUT2D eigenvalue weighted by Crippen LogP contribution is 2.14. The summed E-state index contributed by atoms with van der Waals surface area (Å²) in [6.07, 6.45) is 3.25. The smallest absolute Gasteiger partial charge is 0.150 e. The zero-order valence-corrected chi connectivity index (χ0v) is 7.73. The van der Waals surface area contributed by atoms with Crippen LogP contribution in [0.3, 0.4) is 0 Å². The van der Waals surface area contributed by atoms with Crippen LogP contribution in [0, 0.1) is 0 Å². The molecule has 1 aromatic rings. The number of Topliss-reactive ketones (excluding diaryl/α,β-unsaturated/α-hetero) is 1. The molecule has 1 fully saturated rings. The number of hydrogen-bond donors (Lipinski definition) is 0. The molecule has 1 aromatic heterocycles. The van der Waals surface area contributed by atoms with Gasteiger partial charge in [0.25, 0.3) is 0 Å². The van der Waals surface area contributed by atoms with Crippen molar-refractivity contribution in [2.75, 3.05) is 18.0 Å². The van der Waals surface area contributed by atoms with E-state index in [1.165, 1.54) is 0 Å². The Bertz CT molecular complexity index is 308. The van der Waals surface area contributed by atoms with Gasteiger partial charge in [0, 0.05) is 45.2 Å². The highest BCUT2D eigenvalue weighted by Gasteiger charge is 2.17. The molecule has 13 heavy (non-hydrogen) atoms. The molecule has 4 nitrogen and oxygen atoms in total. The van der Waals surface area contributed by atoms with Gasteiger partial charge >= 0.3 is 0 Å². The molecule has 0 N–H and O–H groups in total. The Morgan fingerprint density at radius 1 is 1.38 bits per heavy atom. The zero-order chi connectivity index (χ0) is 9.26. The second-order valence-electron chi connectivity index (χ2n) is 3.37. The minimum absolute atomic E-state index is 0.368. The van der Waals surface area contributed by atoms with Gasteiger partial charge < -0.3 is 4.90 Å². The minimum Gasteiger partial charge on any atom is -0.354 e. The Hall–Kier alpha value is -1.32. The second-order valence-corrected chi connectivity index (χ2v) is 3.37. The lowest BCUT2D eigenvalue weighted by molar-refractivity contribution is -0.119. The molecule has 4 heteroatoms. The lowest BCUT2D eigenvalue weighted by atomic mass is 10.1. The van der Waals surface area contributed by atoms with E-state index in [2.05, 4.69) is 10.00 Å². The van der Waals surface area contributed by atoms with Crippen molar-refractivity contribution in [3.63, 3.8) is 0 Å². The molecular formula is C9H13N3O. The summed E-state index contributed by atoms with van der Waals surface area (Å²) in [7, 11) is 1.90. The number of ketones is 1. The predicted molar refractivity (Wildman–Crippen MR) is 49.7 cm³/mol. The molecule has 1 aliphatic heterocycles. The number of aromatic nitrogens is 2. The maximum atomic E-state index is 11.0. The van der Waals surface area contributed by atoms with E-state index >= 15 is 0 Å². The van der Waals surface area contributed by atoms with Gasteiger partial charge in [0.2, 0.25) is 0 Å². The van der Waals surface area contributed by atoms with Gasteiger partial charge in [0.05, 0.1) is 0 Å². The second kappa shape index (κ2) is 3.20. The molecule has 1 aliphatic rings. The monoisotopic (exact) mass is 179 g/mol. The molecule has 0 unspecified atom stereocenters. The van der Waals surface area contributed by atoms with Crippen molar-refractivity contribution in [3.8, 4) is 0 Å². The van der Waals surface area contributed by atoms with Gasteiger partial charge in [-0.25, -0.2) is 0 Å². The van der Waals surface area contributed by atoms with Crippen molar-refractivity contribution in [1.82, 2.24) is 9.78 Å². The van der Waals surface area contributed by atoms with Gasteiger partial charge in [-0.2, -0.15) is 5.10 Å². The molecule has 0 aliphatic carbocycles. The van der Waals surface area contributed by atoms with Crippen LogP contribution in [-0.4, -0.2) is 28.7 Å². The van der Waals surface area contributed by atoms with Gasteiger partial charge in [-0.1, -0.05) is 0 Å². The van der Waals surface area contributed by atoms with E-state index in [-0.39, 0.29) is 0 Å². The Balaban J connectivity index is 2.06. The van der Waals surface area contributed by atoms with Crippen LogP contribution >= 0.6 is 0 Å². The van der Waals surface area contributed by atoms with Crippen molar-refractivity contribution in [2.45, 2.75) is 12.8 Å². The predicted octanol–water partition coefficient (Wildman–Crippen LogP) is 0.589. The van der Waals surface area contributed by atoms with Gasteiger partial charge in [0.15, 0.2) is 5.82 Å². The van der Waals surface area contributed by atoms with Crippen LogP contribution in [0.15, 0.2) is 12.3 Å². The highest BCUT2D eigenvalue weighted by molar-refractivity contribution is 5.80. The third-order valence-corrected chi connectivity index (χ3v) is 2.34. The Morgan fingerprint density at radius 2 is 2.08 bits per heavy atom. The topological polar surface area (TPSA) is 38.1 Å². The molecule has 0 saturated carbocycles. The quantitative estimate of drug-likeness (QED) is 0.633. The number of anilines is 1. The van der Waals surface area contributed by atoms with Crippen LogP contribution in [0.25, 0.3) is 0 Å². The maximum absolute atomic E-state index is 11.0. The highest BCUT2D eigenvalue weighted by atomic mass is 16.1. The van der Waals surface area contributed by atoms with Crippen LogP contribution in [0.4, 0.5) is 5.82 Å². The van der Waals surface area contributed by atoms with Crippen LogP contribution in [0.2, 0.25) is 0 Å². The molecule has 70 valence electrons. The lowest BCUT2D eigenvalue weighted by Crippen LogP contribution is -2.34. The van der Waals surface area contributed by atoms with E-state index in [1.807, 2.05) is 19.3 Å². The first-order valence-corrected chi connectivity index (χ1v) is 4.52. The lowest BCUT2D eigenvalue weighted by Gasteiger charge is -2.25. The summed E-state index contributed by atoms with van der Waals surface area (Å²) in [4.78, 5) is 13.1. The number of hydrogen-bond acceptors (Lipinski definition) is 3. The van der Waals surface area contributed by atoms with E-state index in [0.717, 1.165) is 18.9 Å². The molecular weight excluding hydrogens is 166 g/mol. The summed E-state index contributed by atoms with van der Waals surface area (Å²) in [5, 5.41) is 4.29. The average molecular weight is 179 g/mol. The summed E-state index contributed by atoms with van der Waals surface area (Å²) in [6.45, 7) is 1.63. The fourth-order valence-corrected chi connectivity index (χ4v) is 1.56. The first-order chi connectivity index (χ1) is 6.25. The standard InChI is InChI=1S/C9H13N3O/c1-11-5-4-9(10-11)12-6-2-8(13)3-7-12/h4-5H,2-3,6-7H2,1H3. The molecule has 0 atom stereocenters. The Labute approximate surface area is 77.1 Å². The van der Waals surface area contributed by atoms with Gasteiger partial charge in [-0.3, -0.25) is 9.48 Å². The van der Waals surface area contributed by atoms with Crippen molar-refractivity contribution < 1.29 is 4.79 Å². The van der Waals surface area contributed by atoms with E-state index in [9.17, 15) is 4.79 Å². The maximum Gasteiger partial charge on any atom is 0.150 e. The van der Waals surface area contributed by atoms with Crippen LogP contribution < -0.4 is 4.90 Å². The third-order valence-electron chi connectivity index (χ3n) is 2.34. The minimum atomic E-state index is 0.368. The number of piperidine rings is 1. The molecule has 0 radical (unpaired) electrons. The number of aryl methyl sites for hydroxylation is 1. The van der Waals surface area contributed by atoms with Crippen molar-refractivity contribution >= 4 is 11.6 Å². The molecule has 0 amide bonds. The zero-order valence-electron chi connectivity index (χ0n) is 7.73. The van der Waals surface area contributed by atoms with Crippen LogP contribution in [0.1, 0.15) is 12.8 Å². The first-order valence-electron chi connectivity index (χ1n) is 4.52. The SMILES string of the molecule is Cn1ccc(N2CCC(=O)CC2)n1. The molecule has 0 aromatic carbocycles. The number of rotatable bonds is 1. The number of carbonyl (C=O) groups is 1. The summed E-state index contributed by atoms with van der Waals surface area (Å²) in [5.41, 5.74) is 0. The fraction of sp³-hybridized carbons (Fsp3) is 0.556. The van der Waals surface area contributed by atoms with Gasteiger partial charge in [0.1, 0.15) is 5.78 Å². The normalized spacial score (nSPS) is 17.9. The van der Waals surface area contributed by atoms with E-state index in [0.29, 0.717) is 18.6 Å². The first kappa shape index (κ1) is 8.29. The number of carbonyl (C=O) groups excluding carboxylic acids is 1. The van der Waals surface area contributed by atoms with Crippen LogP contribution in [0.5, 0.6) is 0 Å². The Kier molecular flexibility index (Phi) is 2.04. The van der Waals surface area contributed by atoms with Crippen molar-refractivity contribution in [1.29, 1.82) is 0 Å². The molecule has 1 saturated heterocycles. The van der Waals surface area contributed by atoms with Gasteiger partial charge in [-0.05, 0) is 0 Å². The van der Waals surface area contributed by atoms with Crippen molar-refractivity contribution in [2.24, 2.45) is 7.05 Å². The molecule has 2 heterocycles. The van der Waals surface area contributed by atoms with E-state index in [1.54, 1.807) is 4.68 Å². The molecule has 2 rings (SSSR count). The fourth-order valence-electron chi connectivity index (χ4n) is 1.56. The van der Waals surface area contributed by atoms with Crippen molar-refractivity contribution in [3.05, 3.63) is 12.3 Å². The average Bonchev–Trinajstić information content (AvgIpc) is 2.53.